The van der Waals surface area contributed by atoms with Crippen molar-refractivity contribution in [3.63, 3.8) is 0 Å². The molecule has 1 aliphatic heterocycles. The van der Waals surface area contributed by atoms with Gasteiger partial charge in [0, 0.05) is 37.0 Å². The van der Waals surface area contributed by atoms with Gasteiger partial charge in [0.25, 0.3) is 0 Å². The highest BCUT2D eigenvalue weighted by molar-refractivity contribution is 14.0. The second-order valence-electron chi connectivity index (χ2n) is 8.72. The number of aryl methyl sites for hydroxylation is 2. The van der Waals surface area contributed by atoms with E-state index in [2.05, 4.69) is 95.7 Å². The van der Waals surface area contributed by atoms with Gasteiger partial charge in [-0.15, -0.1) is 24.0 Å². The molecule has 8 heteroatoms. The lowest BCUT2D eigenvalue weighted by Gasteiger charge is -2.30. The summed E-state index contributed by atoms with van der Waals surface area (Å²) >= 11 is 0. The largest absolute Gasteiger partial charge is 0.357 e. The molecule has 0 saturated heterocycles. The fourth-order valence-electron chi connectivity index (χ4n) is 3.88. The molecule has 2 unspecified atom stereocenters. The van der Waals surface area contributed by atoms with Crippen LogP contribution in [0.3, 0.4) is 0 Å². The van der Waals surface area contributed by atoms with Crippen molar-refractivity contribution in [2.45, 2.75) is 78.0 Å². The second-order valence-corrected chi connectivity index (χ2v) is 8.72. The maximum absolute atomic E-state index is 4.89. The normalized spacial score (nSPS) is 17.5. The molecule has 31 heavy (non-hydrogen) atoms. The number of guanidine groups is 1. The van der Waals surface area contributed by atoms with Crippen molar-refractivity contribution >= 4 is 29.9 Å². The third kappa shape index (κ3) is 7.45. The predicted octanol–water partition coefficient (Wildman–Crippen LogP) is 3.46. The van der Waals surface area contributed by atoms with Crippen LogP contribution in [0, 0.1) is 0 Å². The number of hydrogen-bond acceptors (Lipinski definition) is 4. The van der Waals surface area contributed by atoms with Crippen LogP contribution in [0.5, 0.6) is 0 Å². The van der Waals surface area contributed by atoms with Crippen LogP contribution < -0.4 is 16.0 Å². The first-order chi connectivity index (χ1) is 14.4. The predicted molar refractivity (Wildman–Crippen MR) is 138 cm³/mol. The molecule has 1 aromatic carbocycles. The number of aliphatic imine (C=N–C) groups is 1. The second kappa shape index (κ2) is 11.8. The van der Waals surface area contributed by atoms with Crippen LogP contribution in [-0.4, -0.2) is 45.4 Å². The van der Waals surface area contributed by atoms with Crippen molar-refractivity contribution in [1.82, 2.24) is 30.7 Å². The minimum absolute atomic E-state index is 0. The van der Waals surface area contributed by atoms with Gasteiger partial charge < -0.3 is 16.0 Å². The molecule has 7 nitrogen and oxygen atoms in total. The Hall–Kier alpha value is -1.68. The van der Waals surface area contributed by atoms with E-state index in [1.807, 2.05) is 0 Å². The minimum atomic E-state index is -0.126. The summed E-state index contributed by atoms with van der Waals surface area (Å²) < 4.78 is 2.05. The standard InChI is InChI=1S/C23H37N7.HI/c1-6-20-27-21-14-13-19(15-30(21)29-20)26-22(24-7-2)25-16-23(4,5)28-17(3)18-11-9-8-10-12-18;/h8-12,17,19,28H,6-7,13-16H2,1-5H3,(H2,24,25,26);1H. The Morgan fingerprint density at radius 2 is 2.00 bits per heavy atom. The molecule has 2 heterocycles. The summed E-state index contributed by atoms with van der Waals surface area (Å²) in [5, 5.41) is 15.3. The van der Waals surface area contributed by atoms with E-state index in [9.17, 15) is 0 Å². The molecule has 172 valence electrons. The van der Waals surface area contributed by atoms with E-state index in [1.165, 1.54) is 5.56 Å². The van der Waals surface area contributed by atoms with E-state index >= 15 is 0 Å². The fraction of sp³-hybridized carbons (Fsp3) is 0.609. The Labute approximate surface area is 203 Å². The summed E-state index contributed by atoms with van der Waals surface area (Å²) in [4.78, 5) is 9.50. The van der Waals surface area contributed by atoms with Crippen molar-refractivity contribution in [3.8, 4) is 0 Å². The van der Waals surface area contributed by atoms with Crippen LogP contribution in [0.2, 0.25) is 0 Å². The smallest absolute Gasteiger partial charge is 0.191 e. The van der Waals surface area contributed by atoms with Gasteiger partial charge >= 0.3 is 0 Å². The van der Waals surface area contributed by atoms with Crippen LogP contribution in [0.25, 0.3) is 0 Å². The molecule has 2 atom stereocenters. The van der Waals surface area contributed by atoms with Crippen LogP contribution >= 0.6 is 24.0 Å². The monoisotopic (exact) mass is 539 g/mol. The third-order valence-corrected chi connectivity index (χ3v) is 5.44. The molecule has 3 N–H and O–H groups in total. The number of benzene rings is 1. The van der Waals surface area contributed by atoms with Gasteiger partial charge in [0.05, 0.1) is 13.1 Å². The first-order valence-electron chi connectivity index (χ1n) is 11.2. The van der Waals surface area contributed by atoms with Gasteiger partial charge in [-0.25, -0.2) is 9.67 Å². The number of rotatable bonds is 8. The molecule has 0 spiro atoms. The van der Waals surface area contributed by atoms with Gasteiger partial charge in [-0.1, -0.05) is 37.3 Å². The molecule has 0 fully saturated rings. The minimum Gasteiger partial charge on any atom is -0.357 e. The number of nitrogens with one attached hydrogen (secondary N) is 3. The third-order valence-electron chi connectivity index (χ3n) is 5.44. The van der Waals surface area contributed by atoms with Crippen molar-refractivity contribution in [3.05, 3.63) is 47.5 Å². The van der Waals surface area contributed by atoms with E-state index in [0.29, 0.717) is 12.6 Å². The zero-order valence-corrected chi connectivity index (χ0v) is 21.8. The van der Waals surface area contributed by atoms with Crippen LogP contribution in [0.1, 0.15) is 64.3 Å². The molecular weight excluding hydrogens is 501 g/mol. The van der Waals surface area contributed by atoms with Gasteiger partial charge in [0.1, 0.15) is 5.82 Å². The molecule has 1 aliphatic rings. The van der Waals surface area contributed by atoms with Crippen molar-refractivity contribution in [2.24, 2.45) is 4.99 Å². The van der Waals surface area contributed by atoms with Crippen molar-refractivity contribution in [2.75, 3.05) is 13.1 Å². The number of hydrogen-bond donors (Lipinski definition) is 3. The zero-order valence-electron chi connectivity index (χ0n) is 19.5. The first kappa shape index (κ1) is 25.6. The molecule has 0 aliphatic carbocycles. The topological polar surface area (TPSA) is 79.2 Å². The maximum atomic E-state index is 4.89. The number of nitrogens with zero attached hydrogens (tertiary/aromatic N) is 4. The Morgan fingerprint density at radius 1 is 1.26 bits per heavy atom. The Kier molecular flexibility index (Phi) is 9.74. The van der Waals surface area contributed by atoms with E-state index in [4.69, 9.17) is 4.99 Å². The maximum Gasteiger partial charge on any atom is 0.191 e. The average molecular weight is 540 g/mol. The zero-order chi connectivity index (χ0) is 21.6. The molecular formula is C23H38IN7. The molecule has 1 aromatic heterocycles. The van der Waals surface area contributed by atoms with E-state index < -0.39 is 0 Å². The van der Waals surface area contributed by atoms with Gasteiger partial charge in [0.2, 0.25) is 0 Å². The van der Waals surface area contributed by atoms with Crippen molar-refractivity contribution in [1.29, 1.82) is 0 Å². The molecule has 0 bridgehead atoms. The van der Waals surface area contributed by atoms with Gasteiger partial charge in [-0.2, -0.15) is 5.10 Å². The number of fused-ring (bicyclic) bond motifs is 1. The number of aromatic nitrogens is 3. The van der Waals surface area contributed by atoms with E-state index in [1.54, 1.807) is 0 Å². The van der Waals surface area contributed by atoms with Crippen LogP contribution in [-0.2, 0) is 19.4 Å². The lowest BCUT2D eigenvalue weighted by Crippen LogP contribution is -2.49. The Balaban J connectivity index is 0.00000341. The molecule has 0 saturated carbocycles. The molecule has 0 radical (unpaired) electrons. The Morgan fingerprint density at radius 3 is 2.68 bits per heavy atom. The highest BCUT2D eigenvalue weighted by Gasteiger charge is 2.24. The summed E-state index contributed by atoms with van der Waals surface area (Å²) in [6.45, 7) is 13.2. The highest BCUT2D eigenvalue weighted by Crippen LogP contribution is 2.17. The lowest BCUT2D eigenvalue weighted by molar-refractivity contribution is 0.355. The summed E-state index contributed by atoms with van der Waals surface area (Å²) in [5.41, 5.74) is 1.16. The quantitative estimate of drug-likeness (QED) is 0.272. The van der Waals surface area contributed by atoms with Crippen LogP contribution in [0.4, 0.5) is 0 Å². The van der Waals surface area contributed by atoms with E-state index in [-0.39, 0.29) is 35.6 Å². The van der Waals surface area contributed by atoms with E-state index in [0.717, 1.165) is 50.0 Å². The highest BCUT2D eigenvalue weighted by atomic mass is 127. The SMILES string of the molecule is CCNC(=NCC(C)(C)NC(C)c1ccccc1)NC1CCc2nc(CC)nn2C1.I. The summed E-state index contributed by atoms with van der Waals surface area (Å²) in [6, 6.07) is 11.1. The van der Waals surface area contributed by atoms with Crippen molar-refractivity contribution < 1.29 is 0 Å². The average Bonchev–Trinajstić information content (AvgIpc) is 3.15. The summed E-state index contributed by atoms with van der Waals surface area (Å²) in [5.74, 6) is 2.91. The van der Waals surface area contributed by atoms with Gasteiger partial charge in [-0.3, -0.25) is 4.99 Å². The molecule has 0 amide bonds. The van der Waals surface area contributed by atoms with Crippen LogP contribution in [0.15, 0.2) is 35.3 Å². The number of halogens is 1. The van der Waals surface area contributed by atoms with Gasteiger partial charge in [0.15, 0.2) is 11.8 Å². The first-order valence-corrected chi connectivity index (χ1v) is 11.2. The summed E-state index contributed by atoms with van der Waals surface area (Å²) in [6.07, 6.45) is 2.87. The molecule has 2 aromatic rings. The Bertz CT molecular complexity index is 832. The fourth-order valence-corrected chi connectivity index (χ4v) is 3.88. The van der Waals surface area contributed by atoms with Gasteiger partial charge in [-0.05, 0) is 39.7 Å². The summed E-state index contributed by atoms with van der Waals surface area (Å²) in [7, 11) is 0. The lowest BCUT2D eigenvalue weighted by atomic mass is 10.0. The molecule has 3 rings (SSSR count).